The van der Waals surface area contributed by atoms with Crippen LogP contribution in [0.3, 0.4) is 0 Å². The summed E-state index contributed by atoms with van der Waals surface area (Å²) < 4.78 is 6.90. The largest absolute Gasteiger partial charge is 0.425 e. The first-order valence-corrected chi connectivity index (χ1v) is 4.98. The molecule has 1 aromatic heterocycles. The topological polar surface area (TPSA) is 44.1 Å². The van der Waals surface area contributed by atoms with E-state index >= 15 is 0 Å². The molecule has 2 aromatic rings. The van der Waals surface area contributed by atoms with Gasteiger partial charge in [0.1, 0.15) is 12.3 Å². The van der Waals surface area contributed by atoms with Crippen molar-refractivity contribution in [3.05, 3.63) is 48.5 Å². The molecule has 0 fully saturated rings. The summed E-state index contributed by atoms with van der Waals surface area (Å²) in [6.07, 6.45) is 4.93. The summed E-state index contributed by atoms with van der Waals surface area (Å²) >= 11 is 0. The molecule has 0 amide bonds. The second-order valence-electron chi connectivity index (χ2n) is 3.47. The van der Waals surface area contributed by atoms with E-state index in [0.29, 0.717) is 5.75 Å². The number of nitrogens with zero attached hydrogens (tertiary/aromatic N) is 2. The number of hydrogen-bond donors (Lipinski definition) is 0. The first-order chi connectivity index (χ1) is 7.75. The SMILES string of the molecule is Cc1ccccc1OC(=O)Cn1ccnc1. The number of aryl methyl sites for hydroxylation is 1. The Morgan fingerprint density at radius 2 is 2.25 bits per heavy atom. The minimum atomic E-state index is -0.299. The van der Waals surface area contributed by atoms with E-state index < -0.39 is 0 Å². The van der Waals surface area contributed by atoms with Gasteiger partial charge in [-0.15, -0.1) is 0 Å². The van der Waals surface area contributed by atoms with Gasteiger partial charge in [0, 0.05) is 12.4 Å². The van der Waals surface area contributed by atoms with Crippen LogP contribution in [0, 0.1) is 6.92 Å². The monoisotopic (exact) mass is 216 g/mol. The Kier molecular flexibility index (Phi) is 3.00. The van der Waals surface area contributed by atoms with Crippen LogP contribution in [0.5, 0.6) is 5.75 Å². The van der Waals surface area contributed by atoms with Gasteiger partial charge in [-0.1, -0.05) is 18.2 Å². The molecule has 0 aliphatic carbocycles. The minimum absolute atomic E-state index is 0.175. The fraction of sp³-hybridized carbons (Fsp3) is 0.167. The van der Waals surface area contributed by atoms with Crippen LogP contribution in [0.25, 0.3) is 0 Å². The molecule has 0 saturated carbocycles. The van der Waals surface area contributed by atoms with Crippen molar-refractivity contribution in [1.82, 2.24) is 9.55 Å². The zero-order valence-corrected chi connectivity index (χ0v) is 8.96. The number of aromatic nitrogens is 2. The Labute approximate surface area is 93.5 Å². The average Bonchev–Trinajstić information content (AvgIpc) is 2.74. The fourth-order valence-corrected chi connectivity index (χ4v) is 1.36. The number of para-hydroxylation sites is 1. The maximum absolute atomic E-state index is 11.6. The molecule has 0 spiro atoms. The quantitative estimate of drug-likeness (QED) is 0.580. The first kappa shape index (κ1) is 10.4. The summed E-state index contributed by atoms with van der Waals surface area (Å²) in [5.74, 6) is 0.305. The zero-order chi connectivity index (χ0) is 11.4. The summed E-state index contributed by atoms with van der Waals surface area (Å²) in [5.41, 5.74) is 0.946. The summed E-state index contributed by atoms with van der Waals surface area (Å²) in [6.45, 7) is 2.08. The normalized spacial score (nSPS) is 10.1. The van der Waals surface area contributed by atoms with Crippen molar-refractivity contribution in [2.75, 3.05) is 0 Å². The van der Waals surface area contributed by atoms with Gasteiger partial charge in [0.05, 0.1) is 6.33 Å². The standard InChI is InChI=1S/C12H12N2O2/c1-10-4-2-3-5-11(10)16-12(15)8-14-7-6-13-9-14/h2-7,9H,8H2,1H3. The molecule has 4 nitrogen and oxygen atoms in total. The summed E-state index contributed by atoms with van der Waals surface area (Å²) in [6, 6.07) is 7.43. The highest BCUT2D eigenvalue weighted by Crippen LogP contribution is 2.16. The Morgan fingerprint density at radius 3 is 2.94 bits per heavy atom. The lowest BCUT2D eigenvalue weighted by atomic mass is 10.2. The van der Waals surface area contributed by atoms with Crippen LogP contribution < -0.4 is 4.74 Å². The van der Waals surface area contributed by atoms with E-state index in [-0.39, 0.29) is 12.5 Å². The van der Waals surface area contributed by atoms with Crippen LogP contribution in [-0.2, 0) is 11.3 Å². The van der Waals surface area contributed by atoms with Crippen molar-refractivity contribution in [2.45, 2.75) is 13.5 Å². The van der Waals surface area contributed by atoms with Crippen LogP contribution >= 0.6 is 0 Å². The van der Waals surface area contributed by atoms with Crippen LogP contribution in [0.15, 0.2) is 43.0 Å². The van der Waals surface area contributed by atoms with Gasteiger partial charge in [-0.05, 0) is 18.6 Å². The molecule has 82 valence electrons. The maximum atomic E-state index is 11.6. The molecule has 0 unspecified atom stereocenters. The number of ether oxygens (including phenoxy) is 1. The maximum Gasteiger partial charge on any atom is 0.331 e. The molecule has 16 heavy (non-hydrogen) atoms. The highest BCUT2D eigenvalue weighted by atomic mass is 16.5. The fourth-order valence-electron chi connectivity index (χ4n) is 1.36. The van der Waals surface area contributed by atoms with Crippen LogP contribution in [-0.4, -0.2) is 15.5 Å². The lowest BCUT2D eigenvalue weighted by Gasteiger charge is -2.06. The number of imidazole rings is 1. The Balaban J connectivity index is 2.00. The highest BCUT2D eigenvalue weighted by Gasteiger charge is 2.06. The summed E-state index contributed by atoms with van der Waals surface area (Å²) in [7, 11) is 0. The van der Waals surface area contributed by atoms with Crippen LogP contribution in [0.4, 0.5) is 0 Å². The van der Waals surface area contributed by atoms with Gasteiger partial charge in [-0.25, -0.2) is 9.78 Å². The second kappa shape index (κ2) is 4.61. The van der Waals surface area contributed by atoms with Gasteiger partial charge in [-0.2, -0.15) is 0 Å². The van der Waals surface area contributed by atoms with E-state index in [2.05, 4.69) is 4.98 Å². The van der Waals surface area contributed by atoms with Gasteiger partial charge in [0.25, 0.3) is 0 Å². The van der Waals surface area contributed by atoms with E-state index in [4.69, 9.17) is 4.74 Å². The van der Waals surface area contributed by atoms with Crippen molar-refractivity contribution in [3.8, 4) is 5.75 Å². The molecule has 1 heterocycles. The predicted octanol–water partition coefficient (Wildman–Crippen LogP) is 1.80. The van der Waals surface area contributed by atoms with Gasteiger partial charge in [0.15, 0.2) is 0 Å². The van der Waals surface area contributed by atoms with E-state index in [1.807, 2.05) is 25.1 Å². The molecule has 1 aromatic carbocycles. The predicted molar refractivity (Wildman–Crippen MR) is 59.0 cm³/mol. The highest BCUT2D eigenvalue weighted by molar-refractivity contribution is 5.72. The Bertz CT molecular complexity index is 478. The molecule has 0 aliphatic rings. The molecule has 0 atom stereocenters. The molecule has 0 radical (unpaired) electrons. The number of hydrogen-bond acceptors (Lipinski definition) is 3. The van der Waals surface area contributed by atoms with Crippen molar-refractivity contribution in [2.24, 2.45) is 0 Å². The van der Waals surface area contributed by atoms with Crippen molar-refractivity contribution < 1.29 is 9.53 Å². The molecule has 4 heteroatoms. The van der Waals surface area contributed by atoms with Crippen LogP contribution in [0.1, 0.15) is 5.56 Å². The molecule has 0 N–H and O–H groups in total. The molecule has 0 saturated heterocycles. The molecule has 0 aliphatic heterocycles. The smallest absolute Gasteiger partial charge is 0.331 e. The summed E-state index contributed by atoms with van der Waals surface area (Å²) in [5, 5.41) is 0. The number of rotatable bonds is 3. The second-order valence-corrected chi connectivity index (χ2v) is 3.47. The van der Waals surface area contributed by atoms with Gasteiger partial charge < -0.3 is 9.30 Å². The van der Waals surface area contributed by atoms with Gasteiger partial charge >= 0.3 is 5.97 Å². The van der Waals surface area contributed by atoms with Crippen molar-refractivity contribution in [1.29, 1.82) is 0 Å². The zero-order valence-electron chi connectivity index (χ0n) is 8.96. The number of carbonyl (C=O) groups excluding carboxylic acids is 1. The number of benzene rings is 1. The Morgan fingerprint density at radius 1 is 1.44 bits per heavy atom. The van der Waals surface area contributed by atoms with Crippen molar-refractivity contribution >= 4 is 5.97 Å². The van der Waals surface area contributed by atoms with Crippen LogP contribution in [0.2, 0.25) is 0 Å². The van der Waals surface area contributed by atoms with Gasteiger partial charge in [0.2, 0.25) is 0 Å². The lowest BCUT2D eigenvalue weighted by Crippen LogP contribution is -2.15. The number of carbonyl (C=O) groups is 1. The first-order valence-electron chi connectivity index (χ1n) is 4.98. The third-order valence-electron chi connectivity index (χ3n) is 2.19. The third-order valence-corrected chi connectivity index (χ3v) is 2.19. The van der Waals surface area contributed by atoms with Crippen molar-refractivity contribution in [3.63, 3.8) is 0 Å². The third kappa shape index (κ3) is 2.48. The Hall–Kier alpha value is -2.10. The van der Waals surface area contributed by atoms with E-state index in [1.165, 1.54) is 0 Å². The molecule has 2 rings (SSSR count). The summed E-state index contributed by atoms with van der Waals surface area (Å²) in [4.78, 5) is 15.4. The lowest BCUT2D eigenvalue weighted by molar-refractivity contribution is -0.135. The van der Waals surface area contributed by atoms with E-state index in [1.54, 1.807) is 29.4 Å². The van der Waals surface area contributed by atoms with E-state index in [9.17, 15) is 4.79 Å². The van der Waals surface area contributed by atoms with Gasteiger partial charge in [-0.3, -0.25) is 0 Å². The van der Waals surface area contributed by atoms with E-state index in [0.717, 1.165) is 5.56 Å². The molecular formula is C12H12N2O2. The number of esters is 1. The average molecular weight is 216 g/mol. The molecule has 0 bridgehead atoms. The molecular weight excluding hydrogens is 204 g/mol. The minimum Gasteiger partial charge on any atom is -0.425 e.